The third-order valence-electron chi connectivity index (χ3n) is 2.25. The molecule has 0 aromatic rings. The molecule has 92 valence electrons. The molecule has 0 atom stereocenters. The second-order valence-corrected chi connectivity index (χ2v) is 4.91. The first-order valence-electron chi connectivity index (χ1n) is 5.73. The summed E-state index contributed by atoms with van der Waals surface area (Å²) >= 11 is 0. The fraction of sp³-hybridized carbons (Fsp3) is 1.00. The second-order valence-electron chi connectivity index (χ2n) is 3.76. The van der Waals surface area contributed by atoms with Crippen LogP contribution in [0.15, 0.2) is 0 Å². The van der Waals surface area contributed by atoms with E-state index < -0.39 is 7.82 Å². The summed E-state index contributed by atoms with van der Waals surface area (Å²) in [6, 6.07) is 0. The Balaban J connectivity index is 0. The largest absolute Gasteiger partial charge is 1.00 e. The van der Waals surface area contributed by atoms with E-state index in [1.54, 1.807) is 0 Å². The van der Waals surface area contributed by atoms with Gasteiger partial charge in [0.2, 0.25) is 0 Å². The zero-order valence-electron chi connectivity index (χ0n) is 10.4. The van der Waals surface area contributed by atoms with E-state index in [1.165, 1.54) is 32.1 Å². The van der Waals surface area contributed by atoms with Crippen LogP contribution < -0.4 is 39.3 Å². The SMILES string of the molecule is CCCCCCCCCCOP(=O)([O-])[O-].[Na+]. The first-order chi connectivity index (χ1) is 7.06. The van der Waals surface area contributed by atoms with Gasteiger partial charge in [0.1, 0.15) is 0 Å². The van der Waals surface area contributed by atoms with Crippen LogP contribution in [0.2, 0.25) is 0 Å². The molecule has 0 spiro atoms. The van der Waals surface area contributed by atoms with E-state index in [4.69, 9.17) is 0 Å². The normalized spacial score (nSPS) is 11.2. The molecular weight excluding hydrogens is 238 g/mol. The van der Waals surface area contributed by atoms with Gasteiger partial charge >= 0.3 is 29.6 Å². The molecule has 0 bridgehead atoms. The minimum absolute atomic E-state index is 0. The molecule has 0 aliphatic rings. The number of hydrogen-bond donors (Lipinski definition) is 0. The Morgan fingerprint density at radius 1 is 0.938 bits per heavy atom. The van der Waals surface area contributed by atoms with Crippen molar-refractivity contribution in [3.05, 3.63) is 0 Å². The third-order valence-corrected chi connectivity index (χ3v) is 2.75. The predicted octanol–water partition coefficient (Wildman–Crippen LogP) is -1.02. The molecule has 6 heteroatoms. The van der Waals surface area contributed by atoms with Gasteiger partial charge in [0.25, 0.3) is 0 Å². The van der Waals surface area contributed by atoms with Crippen LogP contribution in [0, 0.1) is 0 Å². The topological polar surface area (TPSA) is 72.4 Å². The Kier molecular flexibility index (Phi) is 15.3. The smallest absolute Gasteiger partial charge is 0.790 e. The monoisotopic (exact) mass is 259 g/mol. The minimum Gasteiger partial charge on any atom is -0.790 e. The fourth-order valence-electron chi connectivity index (χ4n) is 1.41. The molecule has 0 rings (SSSR count). The van der Waals surface area contributed by atoms with Crippen LogP contribution in [0.5, 0.6) is 0 Å². The van der Waals surface area contributed by atoms with Gasteiger partial charge in [-0.2, -0.15) is 0 Å². The maximum atomic E-state index is 10.1. The molecule has 0 fully saturated rings. The van der Waals surface area contributed by atoms with E-state index in [0.29, 0.717) is 6.42 Å². The Labute approximate surface area is 121 Å². The fourth-order valence-corrected chi connectivity index (χ4v) is 1.77. The Morgan fingerprint density at radius 3 is 1.81 bits per heavy atom. The predicted molar refractivity (Wildman–Crippen MR) is 56.2 cm³/mol. The Hall–Kier alpha value is 1.11. The summed E-state index contributed by atoms with van der Waals surface area (Å²) in [4.78, 5) is 20.2. The van der Waals surface area contributed by atoms with Crippen LogP contribution in [-0.4, -0.2) is 6.61 Å². The van der Waals surface area contributed by atoms with Gasteiger partial charge in [-0.3, -0.25) is 0 Å². The summed E-state index contributed by atoms with van der Waals surface area (Å²) in [5, 5.41) is 0. The summed E-state index contributed by atoms with van der Waals surface area (Å²) in [6.45, 7) is 2.22. The molecule has 0 saturated heterocycles. The van der Waals surface area contributed by atoms with Crippen LogP contribution in [-0.2, 0) is 9.09 Å². The van der Waals surface area contributed by atoms with Crippen molar-refractivity contribution in [3.8, 4) is 0 Å². The molecule has 0 radical (unpaired) electrons. The number of rotatable bonds is 10. The zero-order valence-corrected chi connectivity index (χ0v) is 13.3. The van der Waals surface area contributed by atoms with Crippen molar-refractivity contribution in [2.45, 2.75) is 58.3 Å². The summed E-state index contributed by atoms with van der Waals surface area (Å²) in [5.74, 6) is 0. The van der Waals surface area contributed by atoms with E-state index in [0.717, 1.165) is 12.8 Å². The molecule has 16 heavy (non-hydrogen) atoms. The molecule has 0 aliphatic carbocycles. The van der Waals surface area contributed by atoms with Crippen LogP contribution in [0.4, 0.5) is 0 Å². The van der Waals surface area contributed by atoms with E-state index >= 15 is 0 Å². The summed E-state index contributed by atoms with van der Waals surface area (Å²) in [7, 11) is -4.74. The van der Waals surface area contributed by atoms with Gasteiger partial charge in [-0.1, -0.05) is 51.9 Å². The number of phosphoric acid groups is 1. The molecule has 0 saturated carbocycles. The maximum absolute atomic E-state index is 10.1. The van der Waals surface area contributed by atoms with Crippen LogP contribution in [0.3, 0.4) is 0 Å². The molecule has 0 aromatic heterocycles. The van der Waals surface area contributed by atoms with Gasteiger partial charge in [0, 0.05) is 0 Å². The standard InChI is InChI=1S/C10H23O4P.Na/c1-2-3-4-5-6-7-8-9-10-14-15(11,12)13;/h2-10H2,1H3,(H2,11,12,13);/q;+1/p-2. The Morgan fingerprint density at radius 2 is 1.38 bits per heavy atom. The van der Waals surface area contributed by atoms with Crippen LogP contribution in [0.1, 0.15) is 58.3 Å². The van der Waals surface area contributed by atoms with E-state index in [9.17, 15) is 14.4 Å². The molecule has 0 aromatic carbocycles. The van der Waals surface area contributed by atoms with Gasteiger partial charge < -0.3 is 18.9 Å². The van der Waals surface area contributed by atoms with Gasteiger partial charge in [-0.25, -0.2) is 0 Å². The number of unbranched alkanes of at least 4 members (excludes halogenated alkanes) is 7. The van der Waals surface area contributed by atoms with E-state index in [2.05, 4.69) is 11.4 Å². The molecule has 0 aliphatic heterocycles. The molecule has 0 heterocycles. The van der Waals surface area contributed by atoms with Crippen LogP contribution >= 0.6 is 7.82 Å². The summed E-state index contributed by atoms with van der Waals surface area (Å²) in [6.07, 6.45) is 8.93. The first-order valence-corrected chi connectivity index (χ1v) is 7.19. The van der Waals surface area contributed by atoms with Crippen molar-refractivity contribution >= 4 is 7.82 Å². The van der Waals surface area contributed by atoms with E-state index in [-0.39, 0.29) is 36.2 Å². The van der Waals surface area contributed by atoms with Gasteiger partial charge in [0.15, 0.2) is 0 Å². The van der Waals surface area contributed by atoms with Crippen molar-refractivity contribution in [2.75, 3.05) is 6.61 Å². The van der Waals surface area contributed by atoms with Crippen molar-refractivity contribution < 1.29 is 48.4 Å². The van der Waals surface area contributed by atoms with Crippen molar-refractivity contribution in [3.63, 3.8) is 0 Å². The zero-order chi connectivity index (χ0) is 11.6. The van der Waals surface area contributed by atoms with Crippen molar-refractivity contribution in [2.24, 2.45) is 0 Å². The minimum atomic E-state index is -4.74. The molecule has 0 amide bonds. The van der Waals surface area contributed by atoms with Gasteiger partial charge in [-0.05, 0) is 6.42 Å². The second kappa shape index (κ2) is 12.6. The van der Waals surface area contributed by atoms with E-state index in [1.807, 2.05) is 0 Å². The summed E-state index contributed by atoms with van der Waals surface area (Å²) in [5.41, 5.74) is 0. The molecule has 4 nitrogen and oxygen atoms in total. The first kappa shape index (κ1) is 19.4. The average Bonchev–Trinajstić information content (AvgIpc) is 2.14. The third kappa shape index (κ3) is 17.5. The quantitative estimate of drug-likeness (QED) is 0.286. The average molecular weight is 259 g/mol. The Bertz CT molecular complexity index is 184. The van der Waals surface area contributed by atoms with Gasteiger partial charge in [-0.15, -0.1) is 0 Å². The molecule has 0 unspecified atom stereocenters. The van der Waals surface area contributed by atoms with Crippen LogP contribution in [0.25, 0.3) is 0 Å². The van der Waals surface area contributed by atoms with Gasteiger partial charge in [0.05, 0.1) is 14.4 Å². The van der Waals surface area contributed by atoms with Crippen molar-refractivity contribution in [1.82, 2.24) is 0 Å². The molecule has 0 N–H and O–H groups in total. The van der Waals surface area contributed by atoms with Crippen molar-refractivity contribution in [1.29, 1.82) is 0 Å². The summed E-state index contributed by atoms with van der Waals surface area (Å²) < 4.78 is 14.2. The number of phosphoric ester groups is 1. The molecular formula is C10H21NaO4P-. The number of hydrogen-bond acceptors (Lipinski definition) is 4. The maximum Gasteiger partial charge on any atom is 1.00 e.